The van der Waals surface area contributed by atoms with Crippen molar-refractivity contribution in [1.82, 2.24) is 4.98 Å². The van der Waals surface area contributed by atoms with Crippen molar-refractivity contribution in [3.63, 3.8) is 0 Å². The van der Waals surface area contributed by atoms with Crippen LogP contribution in [0.3, 0.4) is 0 Å². The number of aromatic nitrogens is 1. The minimum absolute atomic E-state index is 0.506. The number of rotatable bonds is 3. The van der Waals surface area contributed by atoms with Gasteiger partial charge < -0.3 is 9.47 Å². The van der Waals surface area contributed by atoms with Crippen molar-refractivity contribution in [2.45, 2.75) is 0 Å². The molecule has 1 aromatic carbocycles. The highest BCUT2D eigenvalue weighted by Crippen LogP contribution is 2.25. The molecule has 3 nitrogen and oxygen atoms in total. The largest absolute Gasteiger partial charge is 0.481 e. The van der Waals surface area contributed by atoms with Crippen molar-refractivity contribution in [3.8, 4) is 17.4 Å². The van der Waals surface area contributed by atoms with E-state index in [1.807, 2.05) is 0 Å². The fourth-order valence-electron chi connectivity index (χ4n) is 1.18. The summed E-state index contributed by atoms with van der Waals surface area (Å²) >= 11 is 5.80. The Morgan fingerprint density at radius 2 is 2.06 bits per heavy atom. The second-order valence-electron chi connectivity index (χ2n) is 3.01. The van der Waals surface area contributed by atoms with Crippen molar-refractivity contribution >= 4 is 11.6 Å². The SMILES string of the molecule is COc1cc(Oc2cc[c]c(Cl)c2)ccn1. The Morgan fingerprint density at radius 1 is 1.25 bits per heavy atom. The van der Waals surface area contributed by atoms with E-state index in [0.29, 0.717) is 22.4 Å². The fourth-order valence-corrected chi connectivity index (χ4v) is 1.35. The van der Waals surface area contributed by atoms with Gasteiger partial charge in [-0.05, 0) is 18.2 Å². The topological polar surface area (TPSA) is 31.4 Å². The van der Waals surface area contributed by atoms with Crippen LogP contribution in [0.1, 0.15) is 0 Å². The van der Waals surface area contributed by atoms with Crippen LogP contribution in [0.25, 0.3) is 0 Å². The molecule has 1 heterocycles. The highest BCUT2D eigenvalue weighted by molar-refractivity contribution is 6.30. The van der Waals surface area contributed by atoms with Gasteiger partial charge in [0.15, 0.2) is 0 Å². The predicted octanol–water partition coefficient (Wildman–Crippen LogP) is 3.34. The van der Waals surface area contributed by atoms with Gasteiger partial charge in [0.2, 0.25) is 5.88 Å². The van der Waals surface area contributed by atoms with Crippen LogP contribution < -0.4 is 9.47 Å². The monoisotopic (exact) mass is 234 g/mol. The van der Waals surface area contributed by atoms with Crippen LogP contribution in [0.2, 0.25) is 5.02 Å². The zero-order valence-corrected chi connectivity index (χ0v) is 9.36. The molecule has 2 rings (SSSR count). The van der Waals surface area contributed by atoms with Crippen molar-refractivity contribution in [3.05, 3.63) is 47.6 Å². The number of benzene rings is 1. The third kappa shape index (κ3) is 2.64. The third-order valence-corrected chi connectivity index (χ3v) is 2.11. The molecule has 0 bridgehead atoms. The van der Waals surface area contributed by atoms with Crippen LogP contribution in [0.5, 0.6) is 17.4 Å². The third-order valence-electron chi connectivity index (χ3n) is 1.89. The predicted molar refractivity (Wildman–Crippen MR) is 61.2 cm³/mol. The van der Waals surface area contributed by atoms with E-state index in [1.165, 1.54) is 0 Å². The lowest BCUT2D eigenvalue weighted by Crippen LogP contribution is -1.89. The Kier molecular flexibility index (Phi) is 3.27. The molecule has 16 heavy (non-hydrogen) atoms. The number of hydrogen-bond donors (Lipinski definition) is 0. The van der Waals surface area contributed by atoms with Gasteiger partial charge in [0.25, 0.3) is 0 Å². The highest BCUT2D eigenvalue weighted by Gasteiger charge is 2.00. The average Bonchev–Trinajstić information content (AvgIpc) is 2.29. The Balaban J connectivity index is 2.20. The molecule has 0 amide bonds. The van der Waals surface area contributed by atoms with E-state index in [4.69, 9.17) is 21.1 Å². The normalized spacial score (nSPS) is 9.88. The van der Waals surface area contributed by atoms with Gasteiger partial charge in [-0.3, -0.25) is 0 Å². The van der Waals surface area contributed by atoms with Gasteiger partial charge in [0.1, 0.15) is 11.5 Å². The van der Waals surface area contributed by atoms with E-state index in [9.17, 15) is 0 Å². The number of pyridine rings is 1. The quantitative estimate of drug-likeness (QED) is 0.816. The van der Waals surface area contributed by atoms with E-state index >= 15 is 0 Å². The second-order valence-corrected chi connectivity index (χ2v) is 3.42. The standard InChI is InChI=1S/C12H9ClNO2/c1-15-12-8-11(5-6-14-12)16-10-4-2-3-9(13)7-10/h2,4-8H,1H3. The van der Waals surface area contributed by atoms with Crippen molar-refractivity contribution in [2.75, 3.05) is 7.11 Å². The second kappa shape index (κ2) is 4.86. The maximum Gasteiger partial charge on any atom is 0.216 e. The summed E-state index contributed by atoms with van der Waals surface area (Å²) in [6.07, 6.45) is 1.62. The molecule has 0 N–H and O–H groups in total. The van der Waals surface area contributed by atoms with E-state index < -0.39 is 0 Å². The van der Waals surface area contributed by atoms with Crippen molar-refractivity contribution < 1.29 is 9.47 Å². The number of halogens is 1. The van der Waals surface area contributed by atoms with Gasteiger partial charge in [-0.15, -0.1) is 0 Å². The zero-order valence-electron chi connectivity index (χ0n) is 8.61. The fraction of sp³-hybridized carbons (Fsp3) is 0.0833. The van der Waals surface area contributed by atoms with E-state index in [1.54, 1.807) is 43.6 Å². The highest BCUT2D eigenvalue weighted by atomic mass is 35.5. The summed E-state index contributed by atoms with van der Waals surface area (Å²) in [4.78, 5) is 3.98. The Hall–Kier alpha value is -1.74. The van der Waals surface area contributed by atoms with Crippen LogP contribution in [0, 0.1) is 6.07 Å². The molecule has 1 aromatic heterocycles. The molecule has 0 saturated heterocycles. The smallest absolute Gasteiger partial charge is 0.216 e. The van der Waals surface area contributed by atoms with Crippen LogP contribution in [-0.4, -0.2) is 12.1 Å². The van der Waals surface area contributed by atoms with Crippen LogP contribution in [-0.2, 0) is 0 Å². The molecule has 4 heteroatoms. The lowest BCUT2D eigenvalue weighted by molar-refractivity contribution is 0.392. The van der Waals surface area contributed by atoms with Gasteiger partial charge in [0, 0.05) is 24.4 Å². The van der Waals surface area contributed by atoms with Crippen molar-refractivity contribution in [2.24, 2.45) is 0 Å². The molecular weight excluding hydrogens is 226 g/mol. The molecule has 1 radical (unpaired) electrons. The molecule has 0 aliphatic heterocycles. The maximum atomic E-state index is 5.80. The average molecular weight is 235 g/mol. The molecule has 0 saturated carbocycles. The lowest BCUT2D eigenvalue weighted by atomic mass is 10.3. The Labute approximate surface area is 98.6 Å². The lowest BCUT2D eigenvalue weighted by Gasteiger charge is -2.06. The van der Waals surface area contributed by atoms with E-state index in [2.05, 4.69) is 11.1 Å². The summed E-state index contributed by atoms with van der Waals surface area (Å²) in [6, 6.07) is 11.4. The van der Waals surface area contributed by atoms with E-state index in [-0.39, 0.29) is 0 Å². The Bertz CT molecular complexity index is 488. The van der Waals surface area contributed by atoms with Gasteiger partial charge >= 0.3 is 0 Å². The minimum Gasteiger partial charge on any atom is -0.481 e. The van der Waals surface area contributed by atoms with Gasteiger partial charge in [-0.25, -0.2) is 4.98 Å². The van der Waals surface area contributed by atoms with Crippen LogP contribution in [0.4, 0.5) is 0 Å². The minimum atomic E-state index is 0.506. The number of nitrogens with zero attached hydrogens (tertiary/aromatic N) is 1. The van der Waals surface area contributed by atoms with E-state index in [0.717, 1.165) is 0 Å². The molecule has 0 aliphatic rings. The summed E-state index contributed by atoms with van der Waals surface area (Å²) in [6.45, 7) is 0. The van der Waals surface area contributed by atoms with Crippen LogP contribution in [0.15, 0.2) is 36.5 Å². The molecule has 0 fully saturated rings. The number of ether oxygens (including phenoxy) is 2. The zero-order chi connectivity index (χ0) is 11.4. The summed E-state index contributed by atoms with van der Waals surface area (Å²) in [5.41, 5.74) is 0. The molecule has 0 atom stereocenters. The molecule has 0 spiro atoms. The molecule has 0 unspecified atom stereocenters. The molecule has 2 aromatic rings. The molecule has 0 aliphatic carbocycles. The first-order chi connectivity index (χ1) is 7.78. The number of hydrogen-bond acceptors (Lipinski definition) is 3. The summed E-state index contributed by atoms with van der Waals surface area (Å²) in [7, 11) is 1.56. The maximum absolute atomic E-state index is 5.80. The van der Waals surface area contributed by atoms with Gasteiger partial charge in [-0.1, -0.05) is 11.6 Å². The molecule has 81 valence electrons. The summed E-state index contributed by atoms with van der Waals surface area (Å²) in [5, 5.41) is 0.513. The first kappa shape index (κ1) is 10.8. The van der Waals surface area contributed by atoms with Gasteiger partial charge in [0.05, 0.1) is 12.1 Å². The summed E-state index contributed by atoms with van der Waals surface area (Å²) in [5.74, 6) is 1.80. The first-order valence-electron chi connectivity index (χ1n) is 4.63. The Morgan fingerprint density at radius 3 is 2.81 bits per heavy atom. The van der Waals surface area contributed by atoms with Crippen LogP contribution >= 0.6 is 11.6 Å². The number of methoxy groups -OCH3 is 1. The van der Waals surface area contributed by atoms with Crippen molar-refractivity contribution in [1.29, 1.82) is 0 Å². The molecular formula is C12H9ClNO2. The first-order valence-corrected chi connectivity index (χ1v) is 5.01. The van der Waals surface area contributed by atoms with Gasteiger partial charge in [-0.2, -0.15) is 0 Å². The summed E-state index contributed by atoms with van der Waals surface area (Å²) < 4.78 is 10.6.